The van der Waals surface area contributed by atoms with E-state index in [0.717, 1.165) is 10.2 Å². The van der Waals surface area contributed by atoms with Crippen LogP contribution in [-0.4, -0.2) is 34.0 Å². The number of nitrogens with zero attached hydrogens (tertiary/aromatic N) is 3. The molecule has 180 valence electrons. The molecule has 2 aromatic heterocycles. The van der Waals surface area contributed by atoms with Gasteiger partial charge in [0.15, 0.2) is 17.4 Å². The molecule has 9 nitrogen and oxygen atoms in total. The van der Waals surface area contributed by atoms with Gasteiger partial charge in [0.25, 0.3) is 0 Å². The predicted octanol–water partition coefficient (Wildman–Crippen LogP) is 2.36. The van der Waals surface area contributed by atoms with Crippen LogP contribution in [0.4, 0.5) is 4.39 Å². The second kappa shape index (κ2) is 9.94. The molecule has 0 radical (unpaired) electrons. The van der Waals surface area contributed by atoms with Gasteiger partial charge in [-0.1, -0.05) is 47.6 Å². The van der Waals surface area contributed by atoms with Crippen molar-refractivity contribution in [1.82, 2.24) is 14.8 Å². The second-order valence-electron chi connectivity index (χ2n) is 7.66. The highest BCUT2D eigenvalue weighted by Gasteiger charge is 2.29. The Bertz CT molecular complexity index is 1430. The molecule has 2 heterocycles. The van der Waals surface area contributed by atoms with Crippen LogP contribution in [0.2, 0.25) is 0 Å². The van der Waals surface area contributed by atoms with Gasteiger partial charge in [-0.2, -0.15) is 0 Å². The summed E-state index contributed by atoms with van der Waals surface area (Å²) in [5.74, 6) is -0.862. The van der Waals surface area contributed by atoms with Crippen molar-refractivity contribution < 1.29 is 18.6 Å². The maximum atomic E-state index is 15.5. The summed E-state index contributed by atoms with van der Waals surface area (Å²) < 4.78 is 27.5. The van der Waals surface area contributed by atoms with E-state index in [1.165, 1.54) is 44.7 Å². The number of ether oxygens (including phenoxy) is 2. The average Bonchev–Trinajstić information content (AvgIpc) is 3.24. The van der Waals surface area contributed by atoms with Crippen molar-refractivity contribution in [2.24, 2.45) is 5.73 Å². The number of thiocarbonyl (C=S) groups is 1. The highest BCUT2D eigenvalue weighted by molar-refractivity contribution is 7.80. The predicted molar refractivity (Wildman–Crippen MR) is 131 cm³/mol. The van der Waals surface area contributed by atoms with E-state index in [4.69, 9.17) is 27.4 Å². The van der Waals surface area contributed by atoms with Crippen LogP contribution < -0.4 is 25.6 Å². The number of halogens is 1. The van der Waals surface area contributed by atoms with Crippen LogP contribution in [-0.2, 0) is 6.42 Å². The first-order valence-electron chi connectivity index (χ1n) is 10.5. The zero-order chi connectivity index (χ0) is 25.1. The van der Waals surface area contributed by atoms with Crippen LogP contribution in [0.15, 0.2) is 65.6 Å². The van der Waals surface area contributed by atoms with Crippen LogP contribution in [0.1, 0.15) is 28.4 Å². The van der Waals surface area contributed by atoms with E-state index in [0.29, 0.717) is 16.0 Å². The van der Waals surface area contributed by atoms with Crippen molar-refractivity contribution >= 4 is 17.2 Å². The molecule has 0 aliphatic rings. The van der Waals surface area contributed by atoms with Crippen LogP contribution in [0.25, 0.3) is 5.82 Å². The lowest BCUT2D eigenvalue weighted by molar-refractivity contribution is -0.600. The maximum absolute atomic E-state index is 15.5. The summed E-state index contributed by atoms with van der Waals surface area (Å²) >= 11 is 5.01. The molecule has 0 amide bonds. The van der Waals surface area contributed by atoms with E-state index in [1.54, 1.807) is 18.2 Å². The van der Waals surface area contributed by atoms with Crippen molar-refractivity contribution in [3.05, 3.63) is 105 Å². The van der Waals surface area contributed by atoms with Gasteiger partial charge in [0.1, 0.15) is 10.7 Å². The Hall–Kier alpha value is -4.25. The zero-order valence-corrected chi connectivity index (χ0v) is 19.7. The Morgan fingerprint density at radius 1 is 1.23 bits per heavy atom. The topological polar surface area (TPSA) is 122 Å². The summed E-state index contributed by atoms with van der Waals surface area (Å²) in [6.45, 7) is 0. The Kier molecular flexibility index (Phi) is 6.78. The Labute approximate surface area is 205 Å². The van der Waals surface area contributed by atoms with E-state index in [2.05, 4.69) is 10.1 Å². The normalized spacial score (nSPS) is 11.7. The fraction of sp³-hybridized carbons (Fsp3) is 0.167. The van der Waals surface area contributed by atoms with Gasteiger partial charge in [0.05, 0.1) is 26.3 Å². The second-order valence-corrected chi connectivity index (χ2v) is 8.10. The summed E-state index contributed by atoms with van der Waals surface area (Å²) in [5, 5.41) is 16.6. The van der Waals surface area contributed by atoms with E-state index in [1.807, 2.05) is 12.1 Å². The third-order valence-electron chi connectivity index (χ3n) is 5.54. The van der Waals surface area contributed by atoms with Gasteiger partial charge in [-0.15, -0.1) is 0 Å². The fourth-order valence-electron chi connectivity index (χ4n) is 3.74. The first-order chi connectivity index (χ1) is 16.8. The third kappa shape index (κ3) is 4.85. The SMILES string of the molecule is COc1cc(OC)c(F)c(C(Cc2ccc(C(N)=S)cc2)c2nn(-c3cccc[n+]3[O-])c(=O)[nH]2)c1. The minimum absolute atomic E-state index is 0.00301. The van der Waals surface area contributed by atoms with Crippen molar-refractivity contribution in [1.29, 1.82) is 0 Å². The molecule has 4 aromatic rings. The minimum atomic E-state index is -0.757. The monoisotopic (exact) mass is 495 g/mol. The van der Waals surface area contributed by atoms with Gasteiger partial charge in [-0.25, -0.2) is 13.9 Å². The molecule has 35 heavy (non-hydrogen) atoms. The van der Waals surface area contributed by atoms with E-state index >= 15 is 4.39 Å². The van der Waals surface area contributed by atoms with E-state index in [9.17, 15) is 10.0 Å². The van der Waals surface area contributed by atoms with Crippen molar-refractivity contribution in [3.63, 3.8) is 0 Å². The molecule has 0 fully saturated rings. The van der Waals surface area contributed by atoms with Crippen LogP contribution >= 0.6 is 12.2 Å². The van der Waals surface area contributed by atoms with Gasteiger partial charge >= 0.3 is 11.5 Å². The van der Waals surface area contributed by atoms with Crippen LogP contribution in [0.3, 0.4) is 0 Å². The molecule has 0 saturated heterocycles. The van der Waals surface area contributed by atoms with Gasteiger partial charge < -0.3 is 20.4 Å². The standard InChI is InChI=1S/C24H22FN5O4S/c1-33-16-12-17(21(25)19(13-16)34-2)18(11-14-6-8-15(9-7-14)22(26)35)23-27-24(31)30(28-23)20-5-3-4-10-29(20)32/h3-10,12-13,18H,11H2,1-2H3,(H2,26,35)(H,27,28,31). The minimum Gasteiger partial charge on any atom is -0.711 e. The highest BCUT2D eigenvalue weighted by atomic mass is 32.1. The molecular weight excluding hydrogens is 473 g/mol. The molecule has 1 unspecified atom stereocenters. The summed E-state index contributed by atoms with van der Waals surface area (Å²) in [7, 11) is 2.81. The first kappa shape index (κ1) is 23.9. The number of hydrogen-bond acceptors (Lipinski definition) is 6. The van der Waals surface area contributed by atoms with E-state index in [-0.39, 0.29) is 34.4 Å². The smallest absolute Gasteiger partial charge is 0.440 e. The molecule has 2 aromatic carbocycles. The first-order valence-corrected chi connectivity index (χ1v) is 10.9. The summed E-state index contributed by atoms with van der Waals surface area (Å²) in [4.78, 5) is 15.7. The number of aromatic amines is 1. The number of benzene rings is 2. The summed E-state index contributed by atoms with van der Waals surface area (Å²) in [5.41, 5.74) is 6.75. The largest absolute Gasteiger partial charge is 0.711 e. The zero-order valence-electron chi connectivity index (χ0n) is 18.9. The van der Waals surface area contributed by atoms with Crippen LogP contribution in [0.5, 0.6) is 11.5 Å². The quantitative estimate of drug-likeness (QED) is 0.219. The lowest BCUT2D eigenvalue weighted by atomic mass is 9.90. The molecule has 0 saturated carbocycles. The molecule has 0 spiro atoms. The van der Waals surface area contributed by atoms with Gasteiger partial charge in [0, 0.05) is 23.3 Å². The number of methoxy groups -OCH3 is 2. The van der Waals surface area contributed by atoms with E-state index < -0.39 is 17.4 Å². The lowest BCUT2D eigenvalue weighted by Crippen LogP contribution is -2.35. The summed E-state index contributed by atoms with van der Waals surface area (Å²) in [6.07, 6.45) is 1.51. The molecule has 11 heteroatoms. The molecule has 1 atom stereocenters. The highest BCUT2D eigenvalue weighted by Crippen LogP contribution is 2.35. The molecule has 0 aliphatic carbocycles. The molecule has 3 N–H and O–H groups in total. The number of hydrogen-bond donors (Lipinski definition) is 2. The molecular formula is C24H22FN5O4S. The van der Waals surface area contributed by atoms with Gasteiger partial charge in [0.2, 0.25) is 0 Å². The van der Waals surface area contributed by atoms with Crippen molar-refractivity contribution in [2.45, 2.75) is 12.3 Å². The number of pyridine rings is 1. The van der Waals surface area contributed by atoms with Crippen molar-refractivity contribution in [3.8, 4) is 17.3 Å². The average molecular weight is 496 g/mol. The van der Waals surface area contributed by atoms with Gasteiger partial charge in [-0.3, -0.25) is 4.98 Å². The van der Waals surface area contributed by atoms with Gasteiger partial charge in [-0.05, 0) is 28.8 Å². The Morgan fingerprint density at radius 3 is 2.60 bits per heavy atom. The molecule has 0 bridgehead atoms. The van der Waals surface area contributed by atoms with Crippen LogP contribution in [0, 0.1) is 11.0 Å². The number of nitrogens with two attached hydrogens (primary N) is 1. The number of H-pyrrole nitrogens is 1. The number of aromatic nitrogens is 4. The van der Waals surface area contributed by atoms with Crippen molar-refractivity contribution in [2.75, 3.05) is 14.2 Å². The number of nitrogens with one attached hydrogen (secondary N) is 1. The summed E-state index contributed by atoms with van der Waals surface area (Å²) in [6, 6.07) is 14.7. The molecule has 4 rings (SSSR count). The number of rotatable bonds is 8. The Morgan fingerprint density at radius 2 is 1.97 bits per heavy atom. The fourth-order valence-corrected chi connectivity index (χ4v) is 3.88. The maximum Gasteiger partial charge on any atom is 0.440 e. The molecule has 0 aliphatic heterocycles. The third-order valence-corrected chi connectivity index (χ3v) is 5.77. The lowest BCUT2D eigenvalue weighted by Gasteiger charge is -2.18. The Balaban J connectivity index is 1.86.